The van der Waals surface area contributed by atoms with Gasteiger partial charge in [-0.3, -0.25) is 4.79 Å². The van der Waals surface area contributed by atoms with Gasteiger partial charge in [0.05, 0.1) is 7.11 Å². The molecule has 1 aliphatic heterocycles. The van der Waals surface area contributed by atoms with Crippen LogP contribution in [0.2, 0.25) is 0 Å². The first-order chi connectivity index (χ1) is 16.0. The minimum atomic E-state index is -3.74. The zero-order valence-electron chi connectivity index (χ0n) is 18.2. The zero-order chi connectivity index (χ0) is 23.3. The van der Waals surface area contributed by atoms with E-state index in [9.17, 15) is 13.2 Å². The summed E-state index contributed by atoms with van der Waals surface area (Å²) in [5.41, 5.74) is 1.41. The number of anilines is 3. The number of rotatable bonds is 7. The van der Waals surface area contributed by atoms with Crippen molar-refractivity contribution in [3.05, 3.63) is 66.5 Å². The molecule has 172 valence electrons. The van der Waals surface area contributed by atoms with Crippen LogP contribution in [-0.2, 0) is 10.0 Å². The summed E-state index contributed by atoms with van der Waals surface area (Å²) in [6, 6.07) is 13.2. The molecule has 3 aromatic rings. The van der Waals surface area contributed by atoms with Gasteiger partial charge in [-0.1, -0.05) is 12.5 Å². The van der Waals surface area contributed by atoms with Crippen LogP contribution in [0.15, 0.2) is 65.8 Å². The molecule has 0 saturated carbocycles. The van der Waals surface area contributed by atoms with Gasteiger partial charge >= 0.3 is 0 Å². The van der Waals surface area contributed by atoms with Crippen molar-refractivity contribution in [2.45, 2.75) is 24.2 Å². The first kappa shape index (κ1) is 22.7. The van der Waals surface area contributed by atoms with E-state index in [-0.39, 0.29) is 16.6 Å². The third kappa shape index (κ3) is 5.29. The Balaban J connectivity index is 1.55. The molecule has 1 fully saturated rings. The molecule has 1 saturated heterocycles. The summed E-state index contributed by atoms with van der Waals surface area (Å²) < 4.78 is 33.2. The SMILES string of the molecule is COc1ccc(NC(=O)c2cccc(Nc3ncccn3)c2)cc1S(=O)(=O)N1CCCCC1. The van der Waals surface area contributed by atoms with Gasteiger partial charge in [-0.15, -0.1) is 0 Å². The maximum absolute atomic E-state index is 13.2. The molecule has 33 heavy (non-hydrogen) atoms. The Morgan fingerprint density at radius 3 is 2.45 bits per heavy atom. The lowest BCUT2D eigenvalue weighted by atomic mass is 10.2. The predicted molar refractivity (Wildman–Crippen MR) is 125 cm³/mol. The van der Waals surface area contributed by atoms with Gasteiger partial charge in [0.25, 0.3) is 5.91 Å². The van der Waals surface area contributed by atoms with Crippen LogP contribution in [0.25, 0.3) is 0 Å². The smallest absolute Gasteiger partial charge is 0.255 e. The van der Waals surface area contributed by atoms with E-state index in [2.05, 4.69) is 20.6 Å². The largest absolute Gasteiger partial charge is 0.495 e. The van der Waals surface area contributed by atoms with Gasteiger partial charge in [0.2, 0.25) is 16.0 Å². The second-order valence-corrected chi connectivity index (χ2v) is 9.47. The number of aromatic nitrogens is 2. The lowest BCUT2D eigenvalue weighted by molar-refractivity contribution is 0.102. The first-order valence-electron chi connectivity index (χ1n) is 10.6. The molecule has 4 rings (SSSR count). The Kier molecular flexibility index (Phi) is 6.85. The lowest BCUT2D eigenvalue weighted by Crippen LogP contribution is -2.35. The van der Waals surface area contributed by atoms with Gasteiger partial charge < -0.3 is 15.4 Å². The number of nitrogens with one attached hydrogen (secondary N) is 2. The molecule has 1 aliphatic rings. The van der Waals surface area contributed by atoms with Crippen LogP contribution in [0.1, 0.15) is 29.6 Å². The van der Waals surface area contributed by atoms with Crippen LogP contribution < -0.4 is 15.4 Å². The number of hydrogen-bond donors (Lipinski definition) is 2. The first-order valence-corrected chi connectivity index (χ1v) is 12.0. The van der Waals surface area contributed by atoms with Crippen molar-refractivity contribution in [1.29, 1.82) is 0 Å². The highest BCUT2D eigenvalue weighted by Crippen LogP contribution is 2.31. The molecule has 0 atom stereocenters. The van der Waals surface area contributed by atoms with Crippen molar-refractivity contribution in [3.8, 4) is 5.75 Å². The van der Waals surface area contributed by atoms with E-state index in [1.807, 2.05) is 0 Å². The van der Waals surface area contributed by atoms with Crippen LogP contribution in [-0.4, -0.2) is 48.8 Å². The van der Waals surface area contributed by atoms with E-state index in [1.54, 1.807) is 54.9 Å². The Morgan fingerprint density at radius 2 is 1.73 bits per heavy atom. The summed E-state index contributed by atoms with van der Waals surface area (Å²) in [5, 5.41) is 5.82. The van der Waals surface area contributed by atoms with Gasteiger partial charge in [0, 0.05) is 42.4 Å². The molecule has 0 aliphatic carbocycles. The average Bonchev–Trinajstić information content (AvgIpc) is 2.85. The van der Waals surface area contributed by atoms with E-state index in [0.717, 1.165) is 19.3 Å². The normalized spacial score (nSPS) is 14.5. The maximum atomic E-state index is 13.2. The van der Waals surface area contributed by atoms with Crippen molar-refractivity contribution in [2.24, 2.45) is 0 Å². The minimum absolute atomic E-state index is 0.0429. The average molecular weight is 468 g/mol. The molecule has 0 unspecified atom stereocenters. The van der Waals surface area contributed by atoms with E-state index in [1.165, 1.54) is 17.5 Å². The van der Waals surface area contributed by atoms with E-state index >= 15 is 0 Å². The predicted octanol–water partition coefficient (Wildman–Crippen LogP) is 3.66. The van der Waals surface area contributed by atoms with Crippen LogP contribution in [0.4, 0.5) is 17.3 Å². The van der Waals surface area contributed by atoms with Gasteiger partial charge in [-0.2, -0.15) is 4.31 Å². The minimum Gasteiger partial charge on any atom is -0.495 e. The molecule has 2 aromatic carbocycles. The van der Waals surface area contributed by atoms with Gasteiger partial charge in [0.1, 0.15) is 10.6 Å². The second-order valence-electron chi connectivity index (χ2n) is 7.56. The number of methoxy groups -OCH3 is 1. The number of sulfonamides is 1. The number of carbonyl (C=O) groups is 1. The Bertz CT molecular complexity index is 1230. The second kappa shape index (κ2) is 9.97. The Labute approximate surface area is 192 Å². The van der Waals surface area contributed by atoms with Crippen LogP contribution >= 0.6 is 0 Å². The molecule has 2 heterocycles. The topological polar surface area (TPSA) is 114 Å². The fraction of sp³-hybridized carbons (Fsp3) is 0.261. The number of carbonyl (C=O) groups excluding carboxylic acids is 1. The highest BCUT2D eigenvalue weighted by Gasteiger charge is 2.29. The third-order valence-corrected chi connectivity index (χ3v) is 7.22. The number of ether oxygens (including phenoxy) is 1. The van der Waals surface area contributed by atoms with Gasteiger partial charge in [-0.25, -0.2) is 18.4 Å². The molecule has 0 spiro atoms. The molecule has 10 heteroatoms. The summed E-state index contributed by atoms with van der Waals surface area (Å²) in [4.78, 5) is 21.1. The van der Waals surface area contributed by atoms with Crippen molar-refractivity contribution < 1.29 is 17.9 Å². The summed E-state index contributed by atoms with van der Waals surface area (Å²) >= 11 is 0. The molecule has 2 N–H and O–H groups in total. The molecule has 0 radical (unpaired) electrons. The fourth-order valence-corrected chi connectivity index (χ4v) is 5.33. The number of benzene rings is 2. The lowest BCUT2D eigenvalue weighted by Gasteiger charge is -2.26. The molecule has 0 bridgehead atoms. The number of hydrogen-bond acceptors (Lipinski definition) is 7. The van der Waals surface area contributed by atoms with Crippen molar-refractivity contribution >= 4 is 33.3 Å². The molecule has 9 nitrogen and oxygen atoms in total. The van der Waals surface area contributed by atoms with Crippen molar-refractivity contribution in [3.63, 3.8) is 0 Å². The number of nitrogens with zero attached hydrogens (tertiary/aromatic N) is 3. The Morgan fingerprint density at radius 1 is 0.970 bits per heavy atom. The summed E-state index contributed by atoms with van der Waals surface area (Å²) in [7, 11) is -2.31. The highest BCUT2D eigenvalue weighted by atomic mass is 32.2. The summed E-state index contributed by atoms with van der Waals surface area (Å²) in [5.74, 6) is 0.282. The van der Waals surface area contributed by atoms with Gasteiger partial charge in [-0.05, 0) is 55.3 Å². The van der Waals surface area contributed by atoms with Crippen molar-refractivity contribution in [1.82, 2.24) is 14.3 Å². The molecular weight excluding hydrogens is 442 g/mol. The van der Waals surface area contributed by atoms with E-state index in [0.29, 0.717) is 36.0 Å². The summed E-state index contributed by atoms with van der Waals surface area (Å²) in [6.45, 7) is 0.958. The standard InChI is InChI=1S/C23H25N5O4S/c1-32-20-10-9-19(16-21(20)33(30,31)28-13-3-2-4-14-28)26-22(29)17-7-5-8-18(15-17)27-23-24-11-6-12-25-23/h5-12,15-16H,2-4,13-14H2,1H3,(H,26,29)(H,24,25,27). The summed E-state index contributed by atoms with van der Waals surface area (Å²) in [6.07, 6.45) is 5.91. The van der Waals surface area contributed by atoms with Crippen molar-refractivity contribution in [2.75, 3.05) is 30.8 Å². The quantitative estimate of drug-likeness (QED) is 0.545. The van der Waals surface area contributed by atoms with E-state index in [4.69, 9.17) is 4.74 Å². The highest BCUT2D eigenvalue weighted by molar-refractivity contribution is 7.89. The van der Waals surface area contributed by atoms with Crippen LogP contribution in [0.3, 0.4) is 0 Å². The number of amides is 1. The van der Waals surface area contributed by atoms with Crippen LogP contribution in [0.5, 0.6) is 5.75 Å². The molecule has 1 aromatic heterocycles. The molecular formula is C23H25N5O4S. The van der Waals surface area contributed by atoms with E-state index < -0.39 is 10.0 Å². The van der Waals surface area contributed by atoms with Crippen LogP contribution in [0, 0.1) is 0 Å². The molecule has 1 amide bonds. The fourth-order valence-electron chi connectivity index (χ4n) is 3.63. The Hall–Kier alpha value is -3.50. The number of piperidine rings is 1. The maximum Gasteiger partial charge on any atom is 0.255 e. The van der Waals surface area contributed by atoms with Gasteiger partial charge in [0.15, 0.2) is 0 Å². The third-order valence-electron chi connectivity index (χ3n) is 5.30. The zero-order valence-corrected chi connectivity index (χ0v) is 19.0. The monoisotopic (exact) mass is 467 g/mol.